The number of imide groups is 1. The van der Waals surface area contributed by atoms with Crippen LogP contribution in [0.4, 0.5) is 4.39 Å². The molecule has 2 amide bonds. The van der Waals surface area contributed by atoms with E-state index >= 15 is 0 Å². The van der Waals surface area contributed by atoms with Crippen LogP contribution in [0, 0.1) is 17.7 Å². The molecule has 4 atom stereocenters. The molecule has 1 aromatic carbocycles. The number of esters is 1. The molecule has 140 valence electrons. The van der Waals surface area contributed by atoms with Crippen molar-refractivity contribution in [2.24, 2.45) is 11.8 Å². The zero-order valence-electron chi connectivity index (χ0n) is 15.1. The van der Waals surface area contributed by atoms with Gasteiger partial charge in [0.1, 0.15) is 11.4 Å². The Morgan fingerprint density at radius 2 is 2.00 bits per heavy atom. The van der Waals surface area contributed by atoms with Crippen molar-refractivity contribution < 1.29 is 23.5 Å². The van der Waals surface area contributed by atoms with E-state index in [0.29, 0.717) is 5.56 Å². The van der Waals surface area contributed by atoms with Crippen molar-refractivity contribution in [3.8, 4) is 0 Å². The minimum atomic E-state index is -1.30. The number of likely N-dealkylation sites (tertiary alicyclic amines) is 1. The van der Waals surface area contributed by atoms with Gasteiger partial charge in [-0.15, -0.1) is 0 Å². The molecule has 0 saturated carbocycles. The summed E-state index contributed by atoms with van der Waals surface area (Å²) in [6.45, 7) is 5.60. The van der Waals surface area contributed by atoms with Gasteiger partial charge in [0.15, 0.2) is 0 Å². The van der Waals surface area contributed by atoms with Gasteiger partial charge in [0, 0.05) is 12.6 Å². The summed E-state index contributed by atoms with van der Waals surface area (Å²) in [5.41, 5.74) is -0.757. The number of halogens is 1. The van der Waals surface area contributed by atoms with Crippen LogP contribution in [0.5, 0.6) is 0 Å². The van der Waals surface area contributed by atoms with Gasteiger partial charge in [-0.25, -0.2) is 4.39 Å². The highest BCUT2D eigenvalue weighted by atomic mass is 19.1. The van der Waals surface area contributed by atoms with Crippen molar-refractivity contribution >= 4 is 17.8 Å². The second kappa shape index (κ2) is 6.79. The van der Waals surface area contributed by atoms with Gasteiger partial charge in [0.05, 0.1) is 18.4 Å². The molecule has 0 radical (unpaired) electrons. The normalized spacial score (nSPS) is 30.6. The lowest BCUT2D eigenvalue weighted by Crippen LogP contribution is -2.56. The van der Waals surface area contributed by atoms with Gasteiger partial charge in [-0.05, 0) is 38.0 Å². The summed E-state index contributed by atoms with van der Waals surface area (Å²) in [4.78, 5) is 39.8. The van der Waals surface area contributed by atoms with Crippen LogP contribution in [0.3, 0.4) is 0 Å². The molecule has 0 spiro atoms. The monoisotopic (exact) mass is 362 g/mol. The third-order valence-electron chi connectivity index (χ3n) is 5.47. The number of nitrogens with zero attached hydrogens (tertiary/aromatic N) is 1. The Morgan fingerprint density at radius 3 is 2.58 bits per heavy atom. The quantitative estimate of drug-likeness (QED) is 0.639. The smallest absolute Gasteiger partial charge is 0.327 e. The van der Waals surface area contributed by atoms with E-state index < -0.39 is 35.2 Å². The van der Waals surface area contributed by atoms with Crippen LogP contribution in [0.15, 0.2) is 24.3 Å². The van der Waals surface area contributed by atoms with Crippen LogP contribution < -0.4 is 5.32 Å². The van der Waals surface area contributed by atoms with E-state index in [0.717, 1.165) is 0 Å². The molecule has 1 N–H and O–H groups in total. The molecule has 2 saturated heterocycles. The number of hydrogen-bond acceptors (Lipinski definition) is 5. The first-order valence-corrected chi connectivity index (χ1v) is 8.96. The van der Waals surface area contributed by atoms with Crippen LogP contribution in [0.25, 0.3) is 0 Å². The fourth-order valence-corrected chi connectivity index (χ4v) is 4.28. The van der Waals surface area contributed by atoms with E-state index in [1.54, 1.807) is 32.9 Å². The Kier molecular flexibility index (Phi) is 4.84. The van der Waals surface area contributed by atoms with Crippen molar-refractivity contribution in [2.75, 3.05) is 13.2 Å². The number of carbonyl (C=O) groups is 3. The molecule has 0 bridgehead atoms. The number of amides is 2. The van der Waals surface area contributed by atoms with E-state index in [4.69, 9.17) is 4.74 Å². The number of hydrogen-bond donors (Lipinski definition) is 1. The molecule has 6 nitrogen and oxygen atoms in total. The molecule has 2 fully saturated rings. The molecule has 26 heavy (non-hydrogen) atoms. The van der Waals surface area contributed by atoms with E-state index in [9.17, 15) is 18.8 Å². The highest BCUT2D eigenvalue weighted by Crippen LogP contribution is 2.50. The zero-order valence-corrected chi connectivity index (χ0v) is 15.1. The summed E-state index contributed by atoms with van der Waals surface area (Å²) in [6, 6.07) is 5.26. The topological polar surface area (TPSA) is 75.7 Å². The van der Waals surface area contributed by atoms with Gasteiger partial charge < -0.3 is 4.74 Å². The standard InChI is InChI=1S/C19H23FN2O4/c1-4-19(18(25)26-6-3)14-13(16(23)22(5-2)17(14)24)15(21-19)11-8-7-9-12(20)10-11/h7-10,13-15,21H,4-6H2,1-3H3/t13-,14-,15-,19+/m0/s1. The van der Waals surface area contributed by atoms with Crippen molar-refractivity contribution in [1.82, 2.24) is 10.2 Å². The minimum absolute atomic E-state index is 0.171. The van der Waals surface area contributed by atoms with Gasteiger partial charge in [0.2, 0.25) is 11.8 Å². The average molecular weight is 362 g/mol. The number of benzene rings is 1. The average Bonchev–Trinajstić information content (AvgIpc) is 3.10. The Balaban J connectivity index is 2.13. The molecule has 1 aromatic rings. The number of rotatable bonds is 5. The molecule has 2 heterocycles. The summed E-state index contributed by atoms with van der Waals surface area (Å²) in [5.74, 6) is -3.29. The lowest BCUT2D eigenvalue weighted by atomic mass is 9.78. The Morgan fingerprint density at radius 1 is 1.27 bits per heavy atom. The lowest BCUT2D eigenvalue weighted by Gasteiger charge is -2.31. The van der Waals surface area contributed by atoms with E-state index in [-0.39, 0.29) is 31.4 Å². The third-order valence-corrected chi connectivity index (χ3v) is 5.47. The minimum Gasteiger partial charge on any atom is -0.465 e. The summed E-state index contributed by atoms with van der Waals surface area (Å²) >= 11 is 0. The number of ether oxygens (including phenoxy) is 1. The van der Waals surface area contributed by atoms with Crippen LogP contribution in [0.1, 0.15) is 38.8 Å². The van der Waals surface area contributed by atoms with Gasteiger partial charge in [-0.1, -0.05) is 19.1 Å². The van der Waals surface area contributed by atoms with Gasteiger partial charge in [-0.3, -0.25) is 24.6 Å². The zero-order chi connectivity index (χ0) is 19.1. The molecule has 3 rings (SSSR count). The van der Waals surface area contributed by atoms with Crippen molar-refractivity contribution in [1.29, 1.82) is 0 Å². The molecule has 0 aliphatic carbocycles. The Labute approximate surface area is 151 Å². The van der Waals surface area contributed by atoms with Crippen LogP contribution in [-0.2, 0) is 19.1 Å². The molecule has 0 unspecified atom stereocenters. The first kappa shape index (κ1) is 18.5. The molecular formula is C19H23FN2O4. The molecule has 2 aliphatic rings. The highest BCUT2D eigenvalue weighted by molar-refractivity contribution is 6.09. The fraction of sp³-hybridized carbons (Fsp3) is 0.526. The number of carbonyl (C=O) groups excluding carboxylic acids is 3. The first-order valence-electron chi connectivity index (χ1n) is 8.96. The number of nitrogens with one attached hydrogen (secondary N) is 1. The Bertz CT molecular complexity index is 753. The summed E-state index contributed by atoms with van der Waals surface area (Å²) in [6.07, 6.45) is 0.287. The van der Waals surface area contributed by atoms with Gasteiger partial charge >= 0.3 is 5.97 Å². The molecule has 7 heteroatoms. The first-order chi connectivity index (χ1) is 12.4. The summed E-state index contributed by atoms with van der Waals surface area (Å²) < 4.78 is 19.0. The van der Waals surface area contributed by atoms with Crippen molar-refractivity contribution in [3.63, 3.8) is 0 Å². The van der Waals surface area contributed by atoms with E-state index in [1.165, 1.54) is 17.0 Å². The SMILES string of the molecule is CCOC(=O)[C@]1(CC)N[C@@H](c2cccc(F)c2)[C@H]2C(=O)N(CC)C(=O)[C@H]21. The Hall–Kier alpha value is -2.28. The fourth-order valence-electron chi connectivity index (χ4n) is 4.28. The largest absolute Gasteiger partial charge is 0.465 e. The van der Waals surface area contributed by atoms with Gasteiger partial charge in [0.25, 0.3) is 0 Å². The summed E-state index contributed by atoms with van der Waals surface area (Å²) in [7, 11) is 0. The van der Waals surface area contributed by atoms with E-state index in [1.807, 2.05) is 0 Å². The maximum atomic E-state index is 13.8. The number of fused-ring (bicyclic) bond motifs is 1. The second-order valence-corrected chi connectivity index (χ2v) is 6.65. The second-order valence-electron chi connectivity index (χ2n) is 6.65. The highest BCUT2D eigenvalue weighted by Gasteiger charge is 2.67. The lowest BCUT2D eigenvalue weighted by molar-refractivity contribution is -0.156. The maximum Gasteiger partial charge on any atom is 0.327 e. The van der Waals surface area contributed by atoms with Crippen LogP contribution in [0.2, 0.25) is 0 Å². The molecule has 2 aliphatic heterocycles. The maximum absolute atomic E-state index is 13.8. The molecular weight excluding hydrogens is 339 g/mol. The predicted octanol–water partition coefficient (Wildman–Crippen LogP) is 1.80. The third kappa shape index (κ3) is 2.53. The van der Waals surface area contributed by atoms with Crippen LogP contribution in [-0.4, -0.2) is 41.4 Å². The van der Waals surface area contributed by atoms with E-state index in [2.05, 4.69) is 5.32 Å². The van der Waals surface area contributed by atoms with Crippen LogP contribution >= 0.6 is 0 Å². The molecule has 0 aromatic heterocycles. The van der Waals surface area contributed by atoms with Crippen molar-refractivity contribution in [3.05, 3.63) is 35.6 Å². The van der Waals surface area contributed by atoms with Gasteiger partial charge in [-0.2, -0.15) is 0 Å². The summed E-state index contributed by atoms with van der Waals surface area (Å²) in [5, 5.41) is 3.18. The predicted molar refractivity (Wildman–Crippen MR) is 91.3 cm³/mol. The van der Waals surface area contributed by atoms with Crippen molar-refractivity contribution in [2.45, 2.75) is 38.8 Å².